The molecule has 2 N–H and O–H groups in total. The maximum absolute atomic E-state index is 11.7. The van der Waals surface area contributed by atoms with Gasteiger partial charge in [0.05, 0.1) is 0 Å². The highest BCUT2D eigenvalue weighted by molar-refractivity contribution is 5.92. The zero-order valence-electron chi connectivity index (χ0n) is 9.23. The molecule has 4 heteroatoms. The Kier molecular flexibility index (Phi) is 4.37. The SMILES string of the molecule is CCn1cccc1C(=O)NCC(C)CO. The van der Waals surface area contributed by atoms with Crippen LogP contribution in [0.1, 0.15) is 24.3 Å². The summed E-state index contributed by atoms with van der Waals surface area (Å²) in [5.74, 6) is 0.0149. The Balaban J connectivity index is 2.54. The second kappa shape index (κ2) is 5.56. The van der Waals surface area contributed by atoms with Gasteiger partial charge in [0.15, 0.2) is 0 Å². The molecule has 1 atom stereocenters. The van der Waals surface area contributed by atoms with Crippen molar-refractivity contribution in [3.8, 4) is 0 Å². The van der Waals surface area contributed by atoms with Crippen molar-refractivity contribution < 1.29 is 9.90 Å². The van der Waals surface area contributed by atoms with Crippen molar-refractivity contribution >= 4 is 5.91 Å². The molecule has 1 heterocycles. The maximum Gasteiger partial charge on any atom is 0.267 e. The molecule has 1 rings (SSSR count). The lowest BCUT2D eigenvalue weighted by Crippen LogP contribution is -2.30. The number of aromatic nitrogens is 1. The summed E-state index contributed by atoms with van der Waals surface area (Å²) in [6.07, 6.45) is 1.88. The summed E-state index contributed by atoms with van der Waals surface area (Å²) in [5, 5.41) is 11.6. The van der Waals surface area contributed by atoms with Crippen molar-refractivity contribution in [1.82, 2.24) is 9.88 Å². The molecule has 1 aromatic rings. The lowest BCUT2D eigenvalue weighted by atomic mass is 10.2. The summed E-state index contributed by atoms with van der Waals surface area (Å²) in [5.41, 5.74) is 0.669. The number of rotatable bonds is 5. The first-order valence-corrected chi connectivity index (χ1v) is 5.23. The zero-order chi connectivity index (χ0) is 11.3. The van der Waals surface area contributed by atoms with Gasteiger partial charge in [-0.25, -0.2) is 0 Å². The van der Waals surface area contributed by atoms with Crippen LogP contribution >= 0.6 is 0 Å². The predicted molar refractivity (Wildman–Crippen MR) is 58.7 cm³/mol. The number of hydrogen-bond donors (Lipinski definition) is 2. The quantitative estimate of drug-likeness (QED) is 0.757. The number of aryl methyl sites for hydroxylation is 1. The van der Waals surface area contributed by atoms with Gasteiger partial charge in [0.1, 0.15) is 5.69 Å². The average Bonchev–Trinajstić information content (AvgIpc) is 2.73. The van der Waals surface area contributed by atoms with Crippen molar-refractivity contribution in [2.24, 2.45) is 5.92 Å². The van der Waals surface area contributed by atoms with Crippen molar-refractivity contribution in [2.75, 3.05) is 13.2 Å². The molecule has 0 aliphatic rings. The van der Waals surface area contributed by atoms with E-state index >= 15 is 0 Å². The molecule has 0 fully saturated rings. The highest BCUT2D eigenvalue weighted by Gasteiger charge is 2.10. The molecule has 0 aromatic carbocycles. The Morgan fingerprint density at radius 1 is 1.67 bits per heavy atom. The van der Waals surface area contributed by atoms with E-state index in [2.05, 4.69) is 5.32 Å². The van der Waals surface area contributed by atoms with Gasteiger partial charge < -0.3 is 15.0 Å². The van der Waals surface area contributed by atoms with Crippen LogP contribution in [0.15, 0.2) is 18.3 Å². The molecule has 1 amide bonds. The van der Waals surface area contributed by atoms with E-state index in [1.807, 2.05) is 30.7 Å². The summed E-state index contributed by atoms with van der Waals surface area (Å²) < 4.78 is 1.89. The Hall–Kier alpha value is -1.29. The van der Waals surface area contributed by atoms with Crippen molar-refractivity contribution in [3.63, 3.8) is 0 Å². The van der Waals surface area contributed by atoms with Gasteiger partial charge in [-0.2, -0.15) is 0 Å². The van der Waals surface area contributed by atoms with E-state index in [-0.39, 0.29) is 18.4 Å². The van der Waals surface area contributed by atoms with E-state index in [4.69, 9.17) is 5.11 Å². The van der Waals surface area contributed by atoms with E-state index in [0.717, 1.165) is 6.54 Å². The number of carbonyl (C=O) groups excluding carboxylic acids is 1. The van der Waals surface area contributed by atoms with Crippen molar-refractivity contribution in [1.29, 1.82) is 0 Å². The Morgan fingerprint density at radius 3 is 3.00 bits per heavy atom. The normalized spacial score (nSPS) is 12.5. The number of carbonyl (C=O) groups is 1. The smallest absolute Gasteiger partial charge is 0.267 e. The molecule has 1 unspecified atom stereocenters. The van der Waals surface area contributed by atoms with Gasteiger partial charge in [-0.15, -0.1) is 0 Å². The summed E-state index contributed by atoms with van der Waals surface area (Å²) in [7, 11) is 0. The van der Waals surface area contributed by atoms with Crippen molar-refractivity contribution in [3.05, 3.63) is 24.0 Å². The van der Waals surface area contributed by atoms with E-state index < -0.39 is 0 Å². The highest BCUT2D eigenvalue weighted by Crippen LogP contribution is 2.02. The van der Waals surface area contributed by atoms with Crippen LogP contribution in [0.25, 0.3) is 0 Å². The molecule has 15 heavy (non-hydrogen) atoms. The summed E-state index contributed by atoms with van der Waals surface area (Å²) in [6, 6.07) is 3.65. The zero-order valence-corrected chi connectivity index (χ0v) is 9.23. The molecule has 4 nitrogen and oxygen atoms in total. The number of amides is 1. The van der Waals surface area contributed by atoms with Crippen molar-refractivity contribution in [2.45, 2.75) is 20.4 Å². The van der Waals surface area contributed by atoms with Gasteiger partial charge in [-0.05, 0) is 25.0 Å². The standard InChI is InChI=1S/C11H18N2O2/c1-3-13-6-4-5-10(13)11(15)12-7-9(2)8-14/h4-6,9,14H,3,7-8H2,1-2H3,(H,12,15). The number of nitrogens with one attached hydrogen (secondary N) is 1. The molecule has 0 aliphatic heterocycles. The molecular formula is C11H18N2O2. The fourth-order valence-corrected chi connectivity index (χ4v) is 1.32. The highest BCUT2D eigenvalue weighted by atomic mass is 16.3. The lowest BCUT2D eigenvalue weighted by Gasteiger charge is -2.10. The minimum absolute atomic E-state index is 0.0813. The van der Waals surface area contributed by atoms with Crippen LogP contribution in [0.4, 0.5) is 0 Å². The monoisotopic (exact) mass is 210 g/mol. The van der Waals surface area contributed by atoms with E-state index in [1.54, 1.807) is 6.07 Å². The van der Waals surface area contributed by atoms with Crippen LogP contribution < -0.4 is 5.32 Å². The second-order valence-corrected chi connectivity index (χ2v) is 3.68. The van der Waals surface area contributed by atoms with Crippen LogP contribution in [0, 0.1) is 5.92 Å². The van der Waals surface area contributed by atoms with E-state index in [9.17, 15) is 4.79 Å². The second-order valence-electron chi connectivity index (χ2n) is 3.68. The number of aliphatic hydroxyl groups excluding tert-OH is 1. The van der Waals surface area contributed by atoms with Crippen LogP contribution in [-0.2, 0) is 6.54 Å². The fourth-order valence-electron chi connectivity index (χ4n) is 1.32. The summed E-state index contributed by atoms with van der Waals surface area (Å²) in [6.45, 7) is 5.26. The topological polar surface area (TPSA) is 54.3 Å². The number of hydrogen-bond acceptors (Lipinski definition) is 2. The van der Waals surface area contributed by atoms with E-state index in [0.29, 0.717) is 12.2 Å². The fraction of sp³-hybridized carbons (Fsp3) is 0.545. The molecule has 0 bridgehead atoms. The molecule has 84 valence electrons. The largest absolute Gasteiger partial charge is 0.396 e. The molecule has 0 saturated carbocycles. The molecular weight excluding hydrogens is 192 g/mol. The minimum Gasteiger partial charge on any atom is -0.396 e. The third-order valence-electron chi connectivity index (χ3n) is 2.33. The first-order valence-electron chi connectivity index (χ1n) is 5.23. The van der Waals surface area contributed by atoms with Gasteiger partial charge in [-0.1, -0.05) is 6.92 Å². The first kappa shape index (κ1) is 11.8. The third kappa shape index (κ3) is 3.09. The Morgan fingerprint density at radius 2 is 2.40 bits per heavy atom. The van der Waals surface area contributed by atoms with Crippen LogP contribution in [0.3, 0.4) is 0 Å². The summed E-state index contributed by atoms with van der Waals surface area (Å²) >= 11 is 0. The first-order chi connectivity index (χ1) is 7.19. The van der Waals surface area contributed by atoms with Gasteiger partial charge >= 0.3 is 0 Å². The predicted octanol–water partition coefficient (Wildman–Crippen LogP) is 0.866. The number of nitrogens with zero attached hydrogens (tertiary/aromatic N) is 1. The minimum atomic E-state index is -0.0813. The Bertz CT molecular complexity index is 320. The molecule has 0 aliphatic carbocycles. The van der Waals surface area contributed by atoms with Gasteiger partial charge in [-0.3, -0.25) is 4.79 Å². The lowest BCUT2D eigenvalue weighted by molar-refractivity contribution is 0.0933. The van der Waals surface area contributed by atoms with Gasteiger partial charge in [0, 0.05) is 25.9 Å². The van der Waals surface area contributed by atoms with Crippen LogP contribution in [0.2, 0.25) is 0 Å². The third-order valence-corrected chi connectivity index (χ3v) is 2.33. The van der Waals surface area contributed by atoms with Crippen LogP contribution in [0.5, 0.6) is 0 Å². The molecule has 1 aromatic heterocycles. The molecule has 0 radical (unpaired) electrons. The molecule has 0 saturated heterocycles. The Labute approximate surface area is 89.9 Å². The van der Waals surface area contributed by atoms with Gasteiger partial charge in [0.2, 0.25) is 0 Å². The maximum atomic E-state index is 11.7. The average molecular weight is 210 g/mol. The van der Waals surface area contributed by atoms with Crippen LogP contribution in [-0.4, -0.2) is 28.7 Å². The van der Waals surface area contributed by atoms with E-state index in [1.165, 1.54) is 0 Å². The molecule has 0 spiro atoms. The number of aliphatic hydroxyl groups is 1. The summed E-state index contributed by atoms with van der Waals surface area (Å²) in [4.78, 5) is 11.7. The van der Waals surface area contributed by atoms with Gasteiger partial charge in [0.25, 0.3) is 5.91 Å².